The minimum Gasteiger partial charge on any atom is -0.392 e. The van der Waals surface area contributed by atoms with Crippen LogP contribution in [0.15, 0.2) is 41.7 Å². The second kappa shape index (κ2) is 3.61. The summed E-state index contributed by atoms with van der Waals surface area (Å²) in [4.78, 5) is 7.56. The van der Waals surface area contributed by atoms with Gasteiger partial charge in [0.15, 0.2) is 0 Å². The maximum Gasteiger partial charge on any atom is 0.0682 e. The number of nitrogens with zero attached hydrogens (tertiary/aromatic N) is 1. The van der Waals surface area contributed by atoms with Crippen molar-refractivity contribution in [3.8, 4) is 0 Å². The van der Waals surface area contributed by atoms with E-state index < -0.39 is 0 Å². The molecule has 3 rings (SSSR count). The molecule has 1 aliphatic heterocycles. The first-order valence-corrected chi connectivity index (χ1v) is 5.31. The number of aliphatic hydroxyl groups excluding tert-OH is 1. The normalized spacial score (nSPS) is 14.7. The zero-order chi connectivity index (χ0) is 11.0. The van der Waals surface area contributed by atoms with Crippen molar-refractivity contribution in [1.29, 1.82) is 0 Å². The molecule has 0 unspecified atom stereocenters. The van der Waals surface area contributed by atoms with Crippen molar-refractivity contribution in [2.75, 3.05) is 0 Å². The van der Waals surface area contributed by atoms with Gasteiger partial charge in [-0.2, -0.15) is 0 Å². The second-order valence-corrected chi connectivity index (χ2v) is 3.91. The quantitative estimate of drug-likeness (QED) is 0.788. The van der Waals surface area contributed by atoms with E-state index >= 15 is 0 Å². The highest BCUT2D eigenvalue weighted by Crippen LogP contribution is 2.23. The number of benzene rings is 1. The third kappa shape index (κ3) is 1.37. The summed E-state index contributed by atoms with van der Waals surface area (Å²) in [5, 5.41) is 10.2. The minimum atomic E-state index is 0.0762. The number of aliphatic imine (C=N–C) groups is 1. The van der Waals surface area contributed by atoms with Crippen LogP contribution in [0, 0.1) is 0 Å². The molecular weight excluding hydrogens is 200 g/mol. The molecule has 0 atom stereocenters. The lowest BCUT2D eigenvalue weighted by Gasteiger charge is -1.99. The van der Waals surface area contributed by atoms with E-state index in [2.05, 4.69) is 16.1 Å². The molecule has 0 fully saturated rings. The highest BCUT2D eigenvalue weighted by molar-refractivity contribution is 6.12. The van der Waals surface area contributed by atoms with Gasteiger partial charge in [-0.25, -0.2) is 0 Å². The predicted octanol–water partition coefficient (Wildman–Crippen LogP) is 2.37. The van der Waals surface area contributed by atoms with Gasteiger partial charge in [0.05, 0.1) is 12.3 Å². The molecule has 0 bridgehead atoms. The van der Waals surface area contributed by atoms with Crippen molar-refractivity contribution in [3.05, 3.63) is 47.8 Å². The number of aliphatic hydroxyl groups is 1. The minimum absolute atomic E-state index is 0.0762. The highest BCUT2D eigenvalue weighted by atomic mass is 16.3. The summed E-state index contributed by atoms with van der Waals surface area (Å²) in [6.45, 7) is 0.0762. The maximum absolute atomic E-state index is 9.07. The average Bonchev–Trinajstić information content (AvgIpc) is 2.96. The summed E-state index contributed by atoms with van der Waals surface area (Å²) in [5.41, 5.74) is 4.23. The van der Waals surface area contributed by atoms with Crippen LogP contribution < -0.4 is 0 Å². The first-order valence-electron chi connectivity index (χ1n) is 5.31. The lowest BCUT2D eigenvalue weighted by molar-refractivity contribution is 0.282. The zero-order valence-corrected chi connectivity index (χ0v) is 8.77. The molecule has 0 saturated heterocycles. The number of aromatic nitrogens is 1. The Morgan fingerprint density at radius 2 is 2.31 bits per heavy atom. The predicted molar refractivity (Wildman–Crippen MR) is 64.5 cm³/mol. The Morgan fingerprint density at radius 1 is 1.38 bits per heavy atom. The van der Waals surface area contributed by atoms with Crippen LogP contribution in [0.2, 0.25) is 0 Å². The molecule has 2 heterocycles. The van der Waals surface area contributed by atoms with Gasteiger partial charge >= 0.3 is 0 Å². The average molecular weight is 212 g/mol. The lowest BCUT2D eigenvalue weighted by Crippen LogP contribution is -1.94. The van der Waals surface area contributed by atoms with Crippen LogP contribution in [0.25, 0.3) is 10.9 Å². The fourth-order valence-corrected chi connectivity index (χ4v) is 2.05. The molecule has 0 radical (unpaired) electrons. The summed E-state index contributed by atoms with van der Waals surface area (Å²) in [5.74, 6) is 0. The van der Waals surface area contributed by atoms with Crippen molar-refractivity contribution in [1.82, 2.24) is 4.98 Å². The number of hydrogen-bond acceptors (Lipinski definition) is 2. The Hall–Kier alpha value is -1.87. The molecule has 0 amide bonds. The van der Waals surface area contributed by atoms with Crippen molar-refractivity contribution >= 4 is 16.6 Å². The molecular formula is C13H12N2O. The van der Waals surface area contributed by atoms with Crippen LogP contribution in [-0.4, -0.2) is 15.8 Å². The first-order chi connectivity index (χ1) is 7.88. The molecule has 0 saturated carbocycles. The Morgan fingerprint density at radius 3 is 3.06 bits per heavy atom. The van der Waals surface area contributed by atoms with Gasteiger partial charge in [-0.15, -0.1) is 0 Å². The molecule has 0 spiro atoms. The van der Waals surface area contributed by atoms with Gasteiger partial charge in [-0.05, 0) is 11.6 Å². The Labute approximate surface area is 93.1 Å². The standard InChI is InChI=1S/C13H12N2O/c16-8-9-3-4-10-11(7-15-13(10)6-9)12-2-1-5-14-12/h1,3-7,15-16H,2,8H2. The van der Waals surface area contributed by atoms with Gasteiger partial charge in [0.2, 0.25) is 0 Å². The van der Waals surface area contributed by atoms with Crippen molar-refractivity contribution in [2.45, 2.75) is 13.0 Å². The topological polar surface area (TPSA) is 48.4 Å². The fraction of sp³-hybridized carbons (Fsp3) is 0.154. The van der Waals surface area contributed by atoms with Crippen LogP contribution in [0.5, 0.6) is 0 Å². The summed E-state index contributed by atoms with van der Waals surface area (Å²) < 4.78 is 0. The zero-order valence-electron chi connectivity index (χ0n) is 8.77. The number of hydrogen-bond donors (Lipinski definition) is 2. The largest absolute Gasteiger partial charge is 0.392 e. The molecule has 0 aliphatic carbocycles. The monoisotopic (exact) mass is 212 g/mol. The molecule has 1 aromatic heterocycles. The van der Waals surface area contributed by atoms with E-state index in [1.54, 1.807) is 0 Å². The molecule has 1 aromatic carbocycles. The second-order valence-electron chi connectivity index (χ2n) is 3.91. The van der Waals surface area contributed by atoms with Crippen LogP contribution in [-0.2, 0) is 6.61 Å². The number of fused-ring (bicyclic) bond motifs is 1. The van der Waals surface area contributed by atoms with Gasteiger partial charge in [0.1, 0.15) is 0 Å². The maximum atomic E-state index is 9.07. The molecule has 80 valence electrons. The summed E-state index contributed by atoms with van der Waals surface area (Å²) in [6, 6.07) is 5.96. The first kappa shape index (κ1) is 9.36. The lowest BCUT2D eigenvalue weighted by atomic mass is 10.1. The van der Waals surface area contributed by atoms with Crippen molar-refractivity contribution in [2.24, 2.45) is 4.99 Å². The van der Waals surface area contributed by atoms with E-state index in [-0.39, 0.29) is 6.61 Å². The molecule has 2 N–H and O–H groups in total. The molecule has 3 nitrogen and oxygen atoms in total. The highest BCUT2D eigenvalue weighted by Gasteiger charge is 2.10. The van der Waals surface area contributed by atoms with E-state index in [9.17, 15) is 0 Å². The van der Waals surface area contributed by atoms with E-state index in [0.717, 1.165) is 28.8 Å². The number of nitrogens with one attached hydrogen (secondary N) is 1. The Kier molecular flexibility index (Phi) is 2.11. The Balaban J connectivity index is 2.14. The van der Waals surface area contributed by atoms with Gasteiger partial charge in [-0.3, -0.25) is 4.99 Å². The van der Waals surface area contributed by atoms with Crippen LogP contribution in [0.1, 0.15) is 17.5 Å². The third-order valence-corrected chi connectivity index (χ3v) is 2.89. The number of allylic oxidation sites excluding steroid dienone is 1. The van der Waals surface area contributed by atoms with Crippen LogP contribution in [0.3, 0.4) is 0 Å². The third-order valence-electron chi connectivity index (χ3n) is 2.89. The molecule has 1 aliphatic rings. The number of aromatic amines is 1. The van der Waals surface area contributed by atoms with E-state index in [0.29, 0.717) is 0 Å². The van der Waals surface area contributed by atoms with Crippen molar-refractivity contribution in [3.63, 3.8) is 0 Å². The SMILES string of the molecule is OCc1ccc2c(C3=NC=CC3)c[nH]c2c1. The van der Waals surface area contributed by atoms with Crippen molar-refractivity contribution < 1.29 is 5.11 Å². The number of H-pyrrole nitrogens is 1. The van der Waals surface area contributed by atoms with E-state index in [4.69, 9.17) is 5.11 Å². The fourth-order valence-electron chi connectivity index (χ4n) is 2.05. The van der Waals surface area contributed by atoms with E-state index in [1.807, 2.05) is 30.6 Å². The Bertz CT molecular complexity index is 593. The number of rotatable bonds is 2. The van der Waals surface area contributed by atoms with Gasteiger partial charge < -0.3 is 10.1 Å². The molecule has 3 heteroatoms. The van der Waals surface area contributed by atoms with Gasteiger partial charge in [0.25, 0.3) is 0 Å². The van der Waals surface area contributed by atoms with Crippen LogP contribution >= 0.6 is 0 Å². The summed E-state index contributed by atoms with van der Waals surface area (Å²) >= 11 is 0. The van der Waals surface area contributed by atoms with Gasteiger partial charge in [-0.1, -0.05) is 18.2 Å². The van der Waals surface area contributed by atoms with Gasteiger partial charge in [0, 0.05) is 35.3 Å². The van der Waals surface area contributed by atoms with Crippen LogP contribution in [0.4, 0.5) is 0 Å². The summed E-state index contributed by atoms with van der Waals surface area (Å²) in [6.07, 6.45) is 6.78. The molecule has 2 aromatic rings. The summed E-state index contributed by atoms with van der Waals surface area (Å²) in [7, 11) is 0. The van der Waals surface area contributed by atoms with E-state index in [1.165, 1.54) is 5.39 Å². The molecule has 16 heavy (non-hydrogen) atoms. The smallest absolute Gasteiger partial charge is 0.0682 e.